The molecule has 8 nitrogen and oxygen atoms in total. The lowest BCUT2D eigenvalue weighted by molar-refractivity contribution is -0.114. The number of para-hydroxylation sites is 1. The van der Waals surface area contributed by atoms with Crippen molar-refractivity contribution in [2.45, 2.75) is 6.92 Å². The molecule has 0 saturated heterocycles. The van der Waals surface area contributed by atoms with Crippen LogP contribution in [-0.4, -0.2) is 31.7 Å². The van der Waals surface area contributed by atoms with Gasteiger partial charge in [-0.05, 0) is 24.3 Å². The number of nitrogens with one attached hydrogen (secondary N) is 2. The Morgan fingerprint density at radius 1 is 1.08 bits per heavy atom. The van der Waals surface area contributed by atoms with Crippen LogP contribution < -0.4 is 14.8 Å². The number of carbonyl (C=O) groups is 2. The van der Waals surface area contributed by atoms with E-state index >= 15 is 0 Å². The molecule has 0 aliphatic carbocycles. The fourth-order valence-corrected chi connectivity index (χ4v) is 2.58. The van der Waals surface area contributed by atoms with Crippen LogP contribution in [0.15, 0.2) is 42.5 Å². The first-order valence-corrected chi connectivity index (χ1v) is 8.94. The summed E-state index contributed by atoms with van der Waals surface area (Å²) >= 11 is 0. The zero-order valence-corrected chi connectivity index (χ0v) is 14.3. The van der Waals surface area contributed by atoms with Crippen molar-refractivity contribution in [2.24, 2.45) is 0 Å². The van der Waals surface area contributed by atoms with Gasteiger partial charge in [0.2, 0.25) is 15.9 Å². The van der Waals surface area contributed by atoms with Crippen LogP contribution in [0.1, 0.15) is 17.3 Å². The van der Waals surface area contributed by atoms with Gasteiger partial charge in [0.05, 0.1) is 23.2 Å². The average molecular weight is 364 g/mol. The SMILES string of the molecule is CC(=O)Nc1cc(C(=O)O)cc(NS(C)(=O)=O)c1Oc1ccccc1. The number of carbonyl (C=O) groups excluding carboxylic acids is 1. The Balaban J connectivity index is 2.64. The number of ether oxygens (including phenoxy) is 1. The number of rotatable bonds is 6. The molecule has 0 fully saturated rings. The van der Waals surface area contributed by atoms with Crippen molar-refractivity contribution in [1.29, 1.82) is 0 Å². The highest BCUT2D eigenvalue weighted by atomic mass is 32.2. The van der Waals surface area contributed by atoms with E-state index in [2.05, 4.69) is 10.0 Å². The molecule has 132 valence electrons. The summed E-state index contributed by atoms with van der Waals surface area (Å²) in [5, 5.41) is 11.7. The summed E-state index contributed by atoms with van der Waals surface area (Å²) in [6.07, 6.45) is 0.921. The van der Waals surface area contributed by atoms with E-state index in [1.54, 1.807) is 30.3 Å². The van der Waals surface area contributed by atoms with E-state index in [-0.39, 0.29) is 22.7 Å². The lowest BCUT2D eigenvalue weighted by Gasteiger charge is -2.17. The number of carboxylic acid groups (broad SMARTS) is 1. The molecule has 0 aliphatic heterocycles. The number of sulfonamides is 1. The van der Waals surface area contributed by atoms with Crippen molar-refractivity contribution in [3.63, 3.8) is 0 Å². The van der Waals surface area contributed by atoms with E-state index in [4.69, 9.17) is 4.74 Å². The predicted octanol–water partition coefficient (Wildman–Crippen LogP) is 2.51. The summed E-state index contributed by atoms with van der Waals surface area (Å²) in [5.41, 5.74) is -0.285. The van der Waals surface area contributed by atoms with Gasteiger partial charge in [0.15, 0.2) is 5.75 Å². The summed E-state index contributed by atoms with van der Waals surface area (Å²) in [4.78, 5) is 22.7. The molecular weight excluding hydrogens is 348 g/mol. The van der Waals surface area contributed by atoms with Crippen LogP contribution in [0.3, 0.4) is 0 Å². The third-order valence-corrected chi connectivity index (χ3v) is 3.50. The zero-order chi connectivity index (χ0) is 18.6. The lowest BCUT2D eigenvalue weighted by atomic mass is 10.1. The third-order valence-electron chi connectivity index (χ3n) is 2.91. The van der Waals surface area contributed by atoms with Gasteiger partial charge in [0.25, 0.3) is 0 Å². The van der Waals surface area contributed by atoms with E-state index in [1.165, 1.54) is 13.0 Å². The first kappa shape index (κ1) is 18.3. The minimum Gasteiger partial charge on any atom is -0.478 e. The molecule has 0 aromatic heterocycles. The van der Waals surface area contributed by atoms with Crippen LogP contribution in [0.25, 0.3) is 0 Å². The van der Waals surface area contributed by atoms with Gasteiger partial charge in [-0.1, -0.05) is 18.2 Å². The van der Waals surface area contributed by atoms with Gasteiger partial charge < -0.3 is 15.2 Å². The van der Waals surface area contributed by atoms with Crippen LogP contribution in [0, 0.1) is 0 Å². The van der Waals surface area contributed by atoms with E-state index in [1.807, 2.05) is 0 Å². The normalized spacial score (nSPS) is 10.8. The molecule has 9 heteroatoms. The molecule has 0 radical (unpaired) electrons. The van der Waals surface area contributed by atoms with Crippen molar-refractivity contribution in [2.75, 3.05) is 16.3 Å². The lowest BCUT2D eigenvalue weighted by Crippen LogP contribution is -2.14. The van der Waals surface area contributed by atoms with Crippen molar-refractivity contribution >= 4 is 33.3 Å². The van der Waals surface area contributed by atoms with Crippen LogP contribution in [0.2, 0.25) is 0 Å². The minimum absolute atomic E-state index is 0.0168. The first-order valence-electron chi connectivity index (χ1n) is 7.05. The standard InChI is InChI=1S/C16H16N2O6S/c1-10(19)17-13-8-11(16(20)21)9-14(18-25(2,22)23)15(13)24-12-6-4-3-5-7-12/h3-9,18H,1-2H3,(H,17,19)(H,20,21). The number of benzene rings is 2. The second kappa shape index (κ2) is 7.22. The second-order valence-corrected chi connectivity index (χ2v) is 6.92. The van der Waals surface area contributed by atoms with Crippen LogP contribution in [-0.2, 0) is 14.8 Å². The van der Waals surface area contributed by atoms with Crippen molar-refractivity contribution < 1.29 is 27.9 Å². The molecule has 0 bridgehead atoms. The fourth-order valence-electron chi connectivity index (χ4n) is 2.03. The Hall–Kier alpha value is -3.07. The molecular formula is C16H16N2O6S. The van der Waals surface area contributed by atoms with Gasteiger partial charge in [-0.15, -0.1) is 0 Å². The Bertz CT molecular complexity index is 910. The maximum Gasteiger partial charge on any atom is 0.335 e. The molecule has 0 heterocycles. The quantitative estimate of drug-likeness (QED) is 0.724. The zero-order valence-electron chi connectivity index (χ0n) is 13.4. The summed E-state index contributed by atoms with van der Waals surface area (Å²) in [5.74, 6) is -1.38. The molecule has 0 spiro atoms. The smallest absolute Gasteiger partial charge is 0.335 e. The number of carboxylic acids is 1. The van der Waals surface area contributed by atoms with E-state index in [9.17, 15) is 23.1 Å². The largest absolute Gasteiger partial charge is 0.478 e. The highest BCUT2D eigenvalue weighted by molar-refractivity contribution is 7.92. The molecule has 0 unspecified atom stereocenters. The van der Waals surface area contributed by atoms with Gasteiger partial charge in [-0.25, -0.2) is 13.2 Å². The van der Waals surface area contributed by atoms with Gasteiger partial charge >= 0.3 is 5.97 Å². The highest BCUT2D eigenvalue weighted by Crippen LogP contribution is 2.39. The molecule has 25 heavy (non-hydrogen) atoms. The van der Waals surface area contributed by atoms with E-state index in [0.717, 1.165) is 12.3 Å². The number of hydrogen-bond donors (Lipinski definition) is 3. The monoisotopic (exact) mass is 364 g/mol. The summed E-state index contributed by atoms with van der Waals surface area (Å²) in [6.45, 7) is 1.24. The van der Waals surface area contributed by atoms with Gasteiger partial charge in [-0.3, -0.25) is 9.52 Å². The predicted molar refractivity (Wildman–Crippen MR) is 92.7 cm³/mol. The number of anilines is 2. The summed E-state index contributed by atoms with van der Waals surface area (Å²) in [7, 11) is -3.72. The second-order valence-electron chi connectivity index (χ2n) is 5.18. The van der Waals surface area contributed by atoms with Gasteiger partial charge in [0, 0.05) is 6.92 Å². The van der Waals surface area contributed by atoms with Crippen LogP contribution in [0.5, 0.6) is 11.5 Å². The molecule has 0 atom stereocenters. The molecule has 2 aromatic carbocycles. The van der Waals surface area contributed by atoms with Gasteiger partial charge in [-0.2, -0.15) is 0 Å². The minimum atomic E-state index is -3.72. The van der Waals surface area contributed by atoms with Gasteiger partial charge in [0.1, 0.15) is 5.75 Å². The molecule has 0 aliphatic rings. The van der Waals surface area contributed by atoms with E-state index in [0.29, 0.717) is 5.75 Å². The third kappa shape index (κ3) is 5.21. The molecule has 2 aromatic rings. The summed E-state index contributed by atoms with van der Waals surface area (Å²) < 4.78 is 31.1. The Labute approximate surface area is 144 Å². The van der Waals surface area contributed by atoms with Crippen molar-refractivity contribution in [3.8, 4) is 11.5 Å². The topological polar surface area (TPSA) is 122 Å². The number of aromatic carboxylic acids is 1. The molecule has 0 saturated carbocycles. The highest BCUT2D eigenvalue weighted by Gasteiger charge is 2.19. The number of amides is 1. The molecule has 1 amide bonds. The Morgan fingerprint density at radius 2 is 1.68 bits per heavy atom. The van der Waals surface area contributed by atoms with Crippen LogP contribution in [0.4, 0.5) is 11.4 Å². The maximum atomic E-state index is 11.6. The average Bonchev–Trinajstić information content (AvgIpc) is 2.49. The molecule has 2 rings (SSSR count). The van der Waals surface area contributed by atoms with Crippen LogP contribution >= 0.6 is 0 Å². The maximum absolute atomic E-state index is 11.6. The van der Waals surface area contributed by atoms with Crippen molar-refractivity contribution in [3.05, 3.63) is 48.0 Å². The Kier molecular flexibility index (Phi) is 5.28. The molecule has 3 N–H and O–H groups in total. The first-order chi connectivity index (χ1) is 11.7. The Morgan fingerprint density at radius 3 is 2.20 bits per heavy atom. The fraction of sp³-hybridized carbons (Fsp3) is 0.125. The van der Waals surface area contributed by atoms with Crippen molar-refractivity contribution in [1.82, 2.24) is 0 Å². The number of hydrogen-bond acceptors (Lipinski definition) is 5. The van der Waals surface area contributed by atoms with E-state index < -0.39 is 21.9 Å². The summed E-state index contributed by atoms with van der Waals surface area (Å²) in [6, 6.07) is 10.8.